The van der Waals surface area contributed by atoms with Crippen molar-refractivity contribution in [1.29, 1.82) is 0 Å². The fraction of sp³-hybridized carbons (Fsp3) is 0.333. The molecule has 2 heterocycles. The number of aliphatic imine (C=N–C) groups is 1. The van der Waals surface area contributed by atoms with Gasteiger partial charge in [0.2, 0.25) is 0 Å². The maximum Gasteiger partial charge on any atom is 0.132 e. The highest BCUT2D eigenvalue weighted by molar-refractivity contribution is 5.98. The number of alkyl halides is 1. The largest absolute Gasteiger partial charge is 0.391 e. The third-order valence-corrected chi connectivity index (χ3v) is 4.69. The van der Waals surface area contributed by atoms with Crippen LogP contribution < -0.4 is 16.4 Å². The first-order valence-corrected chi connectivity index (χ1v) is 9.17. The molecule has 1 aliphatic rings. The second kappa shape index (κ2) is 8.77. The number of nitrogens with zero attached hydrogens (tertiary/aromatic N) is 2. The van der Waals surface area contributed by atoms with E-state index in [2.05, 4.69) is 45.4 Å². The topological polar surface area (TPSA) is 75.3 Å². The van der Waals surface area contributed by atoms with Gasteiger partial charge in [-0.3, -0.25) is 4.99 Å². The minimum absolute atomic E-state index is 0.131. The summed E-state index contributed by atoms with van der Waals surface area (Å²) in [5.41, 5.74) is 9.37. The predicted octanol–water partition coefficient (Wildman–Crippen LogP) is 3.64. The van der Waals surface area contributed by atoms with E-state index in [4.69, 9.17) is 5.73 Å². The zero-order chi connectivity index (χ0) is 19.2. The first-order chi connectivity index (χ1) is 13.1. The SMILES string of the molecule is C=CNCC[C@H](N)C(F)CNc1cc2cc(C3=CN=C(C)C3)ccc2cn1. The Hall–Kier alpha value is -2.73. The first kappa shape index (κ1) is 19.0. The van der Waals surface area contributed by atoms with Crippen molar-refractivity contribution in [1.82, 2.24) is 10.3 Å². The Morgan fingerprint density at radius 1 is 1.33 bits per heavy atom. The van der Waals surface area contributed by atoms with Crippen molar-refractivity contribution < 1.29 is 4.39 Å². The molecule has 1 unspecified atom stereocenters. The molecule has 27 heavy (non-hydrogen) atoms. The van der Waals surface area contributed by atoms with Crippen LogP contribution in [0.2, 0.25) is 0 Å². The number of halogens is 1. The normalized spacial score (nSPS) is 15.8. The fourth-order valence-corrected chi connectivity index (χ4v) is 3.06. The molecule has 0 saturated heterocycles. The minimum Gasteiger partial charge on any atom is -0.391 e. The number of aromatic nitrogens is 1. The number of anilines is 1. The summed E-state index contributed by atoms with van der Waals surface area (Å²) in [5.74, 6) is 0.645. The average Bonchev–Trinajstić information content (AvgIpc) is 3.12. The van der Waals surface area contributed by atoms with Crippen molar-refractivity contribution in [2.24, 2.45) is 10.7 Å². The van der Waals surface area contributed by atoms with Crippen LogP contribution in [-0.2, 0) is 0 Å². The molecular weight excluding hydrogens is 341 g/mol. The molecule has 1 aromatic carbocycles. The van der Waals surface area contributed by atoms with Gasteiger partial charge in [-0.05, 0) is 48.2 Å². The van der Waals surface area contributed by atoms with Crippen LogP contribution >= 0.6 is 0 Å². The number of hydrogen-bond donors (Lipinski definition) is 3. The number of pyridine rings is 1. The summed E-state index contributed by atoms with van der Waals surface area (Å²) in [5, 5.41) is 8.10. The van der Waals surface area contributed by atoms with E-state index in [1.54, 1.807) is 12.4 Å². The molecule has 0 fully saturated rings. The van der Waals surface area contributed by atoms with Crippen LogP contribution in [0.4, 0.5) is 10.2 Å². The van der Waals surface area contributed by atoms with Gasteiger partial charge < -0.3 is 16.4 Å². The molecule has 1 aromatic heterocycles. The lowest BCUT2D eigenvalue weighted by Gasteiger charge is -2.17. The van der Waals surface area contributed by atoms with E-state index in [1.165, 1.54) is 5.57 Å². The number of benzene rings is 1. The van der Waals surface area contributed by atoms with Gasteiger partial charge in [0, 0.05) is 49.0 Å². The lowest BCUT2D eigenvalue weighted by atomic mass is 10.0. The van der Waals surface area contributed by atoms with Crippen molar-refractivity contribution in [2.75, 3.05) is 18.4 Å². The molecule has 1 aliphatic heterocycles. The smallest absolute Gasteiger partial charge is 0.132 e. The number of hydrogen-bond acceptors (Lipinski definition) is 5. The molecule has 0 spiro atoms. The highest BCUT2D eigenvalue weighted by atomic mass is 19.1. The molecule has 2 aromatic rings. The summed E-state index contributed by atoms with van der Waals surface area (Å²) in [7, 11) is 0. The Bertz CT molecular complexity index is 874. The standard InChI is InChI=1S/C21H26FN5/c1-3-24-7-6-20(23)19(22)13-27-21-10-17-9-15(4-5-16(17)11-26-21)18-8-14(2)25-12-18/h3-5,9-12,19-20,24H,1,6-8,13,23H2,2H3,(H,26,27)/t19?,20-/m0/s1. The fourth-order valence-electron chi connectivity index (χ4n) is 3.06. The Kier molecular flexibility index (Phi) is 6.19. The van der Waals surface area contributed by atoms with Crippen LogP contribution in [0.15, 0.2) is 54.4 Å². The molecule has 0 bridgehead atoms. The van der Waals surface area contributed by atoms with Gasteiger partial charge >= 0.3 is 0 Å². The number of fused-ring (bicyclic) bond motifs is 1. The van der Waals surface area contributed by atoms with Gasteiger partial charge in [0.05, 0.1) is 0 Å². The third-order valence-electron chi connectivity index (χ3n) is 4.69. The van der Waals surface area contributed by atoms with E-state index >= 15 is 0 Å². The molecule has 6 heteroatoms. The van der Waals surface area contributed by atoms with Gasteiger partial charge in [0.15, 0.2) is 0 Å². The van der Waals surface area contributed by atoms with Gasteiger partial charge in [0.25, 0.3) is 0 Å². The molecule has 2 atom stereocenters. The molecule has 0 aliphatic carbocycles. The highest BCUT2D eigenvalue weighted by Gasteiger charge is 2.16. The first-order valence-electron chi connectivity index (χ1n) is 9.17. The van der Waals surface area contributed by atoms with Gasteiger partial charge in [-0.15, -0.1) is 0 Å². The summed E-state index contributed by atoms with van der Waals surface area (Å²) in [6.07, 6.45) is 5.58. The van der Waals surface area contributed by atoms with Gasteiger partial charge in [-0.2, -0.15) is 0 Å². The van der Waals surface area contributed by atoms with Crippen LogP contribution in [0.5, 0.6) is 0 Å². The van der Waals surface area contributed by atoms with Crippen molar-refractivity contribution >= 4 is 27.9 Å². The maximum atomic E-state index is 14.2. The van der Waals surface area contributed by atoms with E-state index in [0.29, 0.717) is 18.8 Å². The summed E-state index contributed by atoms with van der Waals surface area (Å²) in [4.78, 5) is 8.72. The van der Waals surface area contributed by atoms with E-state index in [-0.39, 0.29) is 6.54 Å². The maximum absolute atomic E-state index is 14.2. The van der Waals surface area contributed by atoms with Gasteiger partial charge in [0.1, 0.15) is 12.0 Å². The monoisotopic (exact) mass is 367 g/mol. The Balaban J connectivity index is 1.64. The van der Waals surface area contributed by atoms with E-state index in [1.807, 2.05) is 19.2 Å². The van der Waals surface area contributed by atoms with E-state index < -0.39 is 12.2 Å². The second-order valence-electron chi connectivity index (χ2n) is 6.83. The zero-order valence-corrected chi connectivity index (χ0v) is 15.6. The predicted molar refractivity (Wildman–Crippen MR) is 112 cm³/mol. The van der Waals surface area contributed by atoms with Crippen LogP contribution in [0.1, 0.15) is 25.3 Å². The molecule has 0 radical (unpaired) electrons. The minimum atomic E-state index is -1.15. The van der Waals surface area contributed by atoms with Crippen molar-refractivity contribution in [3.63, 3.8) is 0 Å². The van der Waals surface area contributed by atoms with Gasteiger partial charge in [-0.1, -0.05) is 18.7 Å². The number of rotatable bonds is 9. The lowest BCUT2D eigenvalue weighted by Crippen LogP contribution is -2.38. The molecular formula is C21H26FN5. The molecule has 4 N–H and O–H groups in total. The van der Waals surface area contributed by atoms with E-state index in [9.17, 15) is 4.39 Å². The third kappa shape index (κ3) is 4.92. The van der Waals surface area contributed by atoms with Crippen LogP contribution in [0.3, 0.4) is 0 Å². The zero-order valence-electron chi connectivity index (χ0n) is 15.6. The Morgan fingerprint density at radius 2 is 2.19 bits per heavy atom. The molecule has 0 saturated carbocycles. The summed E-state index contributed by atoms with van der Waals surface area (Å²) in [6, 6.07) is 7.68. The summed E-state index contributed by atoms with van der Waals surface area (Å²) < 4.78 is 14.2. The van der Waals surface area contributed by atoms with Crippen molar-refractivity contribution in [2.45, 2.75) is 32.0 Å². The van der Waals surface area contributed by atoms with Gasteiger partial charge in [-0.25, -0.2) is 9.37 Å². The van der Waals surface area contributed by atoms with Crippen molar-refractivity contribution in [3.05, 3.63) is 55.0 Å². The molecule has 142 valence electrons. The second-order valence-corrected chi connectivity index (χ2v) is 6.83. The summed E-state index contributed by atoms with van der Waals surface area (Å²) in [6.45, 7) is 6.33. The average molecular weight is 367 g/mol. The van der Waals surface area contributed by atoms with Crippen LogP contribution in [0.25, 0.3) is 16.3 Å². The number of nitrogens with two attached hydrogens (primary N) is 1. The molecule has 0 amide bonds. The van der Waals surface area contributed by atoms with Crippen LogP contribution in [-0.4, -0.2) is 36.0 Å². The highest BCUT2D eigenvalue weighted by Crippen LogP contribution is 2.27. The Morgan fingerprint density at radius 3 is 2.93 bits per heavy atom. The molecule has 5 nitrogen and oxygen atoms in total. The summed E-state index contributed by atoms with van der Waals surface area (Å²) >= 11 is 0. The Labute approximate surface area is 159 Å². The lowest BCUT2D eigenvalue weighted by molar-refractivity contribution is 0.285. The number of nitrogens with one attached hydrogen (secondary N) is 2. The van der Waals surface area contributed by atoms with Crippen LogP contribution in [0, 0.1) is 0 Å². The molecule has 3 rings (SSSR count). The number of allylic oxidation sites excluding steroid dienone is 1. The van der Waals surface area contributed by atoms with E-state index in [0.717, 1.165) is 28.5 Å². The quantitative estimate of drug-likeness (QED) is 0.592. The van der Waals surface area contributed by atoms with Crippen molar-refractivity contribution in [3.8, 4) is 0 Å².